The summed E-state index contributed by atoms with van der Waals surface area (Å²) in [6, 6.07) is 16.8. The van der Waals surface area contributed by atoms with E-state index in [1.54, 1.807) is 6.20 Å². The predicted octanol–water partition coefficient (Wildman–Crippen LogP) is 7.15. The Labute approximate surface area is 159 Å². The number of pyridine rings is 1. The third-order valence-electron chi connectivity index (χ3n) is 5.71. The van der Waals surface area contributed by atoms with E-state index in [1.807, 2.05) is 12.1 Å². The average Bonchev–Trinajstić information content (AvgIpc) is 2.72. The Morgan fingerprint density at radius 1 is 0.963 bits per heavy atom. The monoisotopic (exact) mass is 365 g/mol. The van der Waals surface area contributed by atoms with E-state index in [2.05, 4.69) is 41.4 Å². The molecule has 0 atom stereocenters. The third kappa shape index (κ3) is 4.18. The molecular weight excluding hydrogens is 340 g/mol. The van der Waals surface area contributed by atoms with Crippen molar-refractivity contribution in [1.82, 2.24) is 4.98 Å². The van der Waals surface area contributed by atoms with E-state index in [0.717, 1.165) is 16.8 Å². The lowest BCUT2D eigenvalue weighted by molar-refractivity contribution is 0.138. The smallest absolute Gasteiger partial charge is 0.239 e. The molecule has 1 fully saturated rings. The number of aryl methyl sites for hydroxylation is 1. The van der Waals surface area contributed by atoms with Gasteiger partial charge in [0.2, 0.25) is 6.43 Å². The Morgan fingerprint density at radius 2 is 1.78 bits per heavy atom. The topological polar surface area (TPSA) is 12.9 Å². The summed E-state index contributed by atoms with van der Waals surface area (Å²) in [5.41, 5.74) is 4.31. The van der Waals surface area contributed by atoms with Crippen LogP contribution in [-0.4, -0.2) is 11.4 Å². The minimum Gasteiger partial charge on any atom is -0.256 e. The molecule has 0 unspecified atom stereocenters. The Kier molecular flexibility index (Phi) is 5.47. The van der Waals surface area contributed by atoms with Gasteiger partial charge in [-0.2, -0.15) is 0 Å². The van der Waals surface area contributed by atoms with Crippen molar-refractivity contribution >= 4 is 10.8 Å². The highest BCUT2D eigenvalue weighted by Crippen LogP contribution is 2.38. The molecule has 1 heterocycles. The minimum absolute atomic E-state index is 0.103. The fourth-order valence-electron chi connectivity index (χ4n) is 4.30. The zero-order valence-corrected chi connectivity index (χ0v) is 15.5. The first-order valence-electron chi connectivity index (χ1n) is 9.97. The maximum atomic E-state index is 12.6. The summed E-state index contributed by atoms with van der Waals surface area (Å²) in [4.78, 5) is 4.54. The van der Waals surface area contributed by atoms with E-state index in [9.17, 15) is 8.78 Å². The molecule has 0 radical (unpaired) electrons. The van der Waals surface area contributed by atoms with Crippen LogP contribution in [0, 0.1) is 0 Å². The van der Waals surface area contributed by atoms with Gasteiger partial charge in [-0.05, 0) is 71.3 Å². The van der Waals surface area contributed by atoms with E-state index >= 15 is 0 Å². The van der Waals surface area contributed by atoms with Gasteiger partial charge >= 0.3 is 0 Å². The Hall–Kier alpha value is -2.29. The maximum Gasteiger partial charge on any atom is 0.239 e. The van der Waals surface area contributed by atoms with Crippen LogP contribution in [0.25, 0.3) is 22.0 Å². The number of fused-ring (bicyclic) bond motifs is 1. The molecule has 0 aliphatic heterocycles. The number of halogens is 2. The molecule has 1 aliphatic carbocycles. The van der Waals surface area contributed by atoms with Crippen molar-refractivity contribution in [1.29, 1.82) is 0 Å². The van der Waals surface area contributed by atoms with Crippen molar-refractivity contribution in [3.8, 4) is 11.3 Å². The van der Waals surface area contributed by atoms with Crippen LogP contribution in [0.4, 0.5) is 8.78 Å². The number of rotatable bonds is 5. The lowest BCUT2D eigenvalue weighted by Gasteiger charge is -2.24. The van der Waals surface area contributed by atoms with E-state index in [0.29, 0.717) is 12.3 Å². The van der Waals surface area contributed by atoms with Gasteiger partial charge in [0, 0.05) is 18.2 Å². The van der Waals surface area contributed by atoms with Gasteiger partial charge in [0.15, 0.2) is 0 Å². The van der Waals surface area contributed by atoms with Crippen molar-refractivity contribution in [3.63, 3.8) is 0 Å². The summed E-state index contributed by atoms with van der Waals surface area (Å²) >= 11 is 0. The van der Waals surface area contributed by atoms with Crippen molar-refractivity contribution < 1.29 is 8.78 Å². The maximum absolute atomic E-state index is 12.6. The number of hydrogen-bond donors (Lipinski definition) is 0. The quantitative estimate of drug-likeness (QED) is 0.468. The fraction of sp³-hybridized carbons (Fsp3) is 0.375. The number of benzene rings is 2. The number of alkyl halides is 2. The normalized spacial score (nSPS) is 15.5. The molecule has 3 aromatic rings. The molecule has 1 nitrogen and oxygen atoms in total. The number of nitrogens with zero attached hydrogens (tertiary/aromatic N) is 1. The van der Waals surface area contributed by atoms with E-state index in [1.165, 1.54) is 48.4 Å². The van der Waals surface area contributed by atoms with Gasteiger partial charge in [-0.25, -0.2) is 8.78 Å². The molecule has 0 N–H and O–H groups in total. The molecule has 27 heavy (non-hydrogen) atoms. The first-order valence-corrected chi connectivity index (χ1v) is 9.97. The Balaban J connectivity index is 1.75. The molecule has 0 spiro atoms. The summed E-state index contributed by atoms with van der Waals surface area (Å²) < 4.78 is 25.1. The number of hydrogen-bond acceptors (Lipinski definition) is 1. The fourth-order valence-corrected chi connectivity index (χ4v) is 4.30. The van der Waals surface area contributed by atoms with Crippen molar-refractivity contribution in [3.05, 3.63) is 65.9 Å². The van der Waals surface area contributed by atoms with Gasteiger partial charge in [0.1, 0.15) is 0 Å². The van der Waals surface area contributed by atoms with Gasteiger partial charge < -0.3 is 0 Å². The SMILES string of the molecule is FC(F)CCc1ccnc(-c2cc(C3CCCCC3)c3ccccc3c2)c1. The molecule has 1 aromatic heterocycles. The molecule has 3 heteroatoms. The highest BCUT2D eigenvalue weighted by atomic mass is 19.3. The van der Waals surface area contributed by atoms with Crippen molar-refractivity contribution in [2.75, 3.05) is 0 Å². The Morgan fingerprint density at radius 3 is 2.59 bits per heavy atom. The van der Waals surface area contributed by atoms with Crippen LogP contribution in [0.15, 0.2) is 54.7 Å². The lowest BCUT2D eigenvalue weighted by Crippen LogP contribution is -2.05. The second-order valence-corrected chi connectivity index (χ2v) is 7.60. The van der Waals surface area contributed by atoms with Crippen molar-refractivity contribution in [2.24, 2.45) is 0 Å². The minimum atomic E-state index is -2.26. The van der Waals surface area contributed by atoms with Crippen LogP contribution in [0.2, 0.25) is 0 Å². The average molecular weight is 365 g/mol. The first-order chi connectivity index (χ1) is 13.2. The third-order valence-corrected chi connectivity index (χ3v) is 5.71. The van der Waals surface area contributed by atoms with Gasteiger partial charge in [-0.3, -0.25) is 4.98 Å². The highest BCUT2D eigenvalue weighted by Gasteiger charge is 2.19. The first kappa shape index (κ1) is 18.1. The summed E-state index contributed by atoms with van der Waals surface area (Å²) in [7, 11) is 0. The van der Waals surface area contributed by atoms with Crippen LogP contribution in [-0.2, 0) is 6.42 Å². The largest absolute Gasteiger partial charge is 0.256 e. The van der Waals surface area contributed by atoms with E-state index < -0.39 is 6.43 Å². The van der Waals surface area contributed by atoms with Gasteiger partial charge in [-0.1, -0.05) is 43.5 Å². The standard InChI is InChI=1S/C24H25F2N/c25-24(26)11-10-17-12-13-27-23(14-17)20-15-19-8-4-5-9-21(19)22(16-20)18-6-2-1-3-7-18/h4-5,8-9,12-16,18,24H,1-3,6-7,10-11H2. The molecule has 140 valence electrons. The van der Waals surface area contributed by atoms with E-state index in [-0.39, 0.29) is 6.42 Å². The molecule has 0 saturated heterocycles. The molecule has 1 aliphatic rings. The molecule has 2 aromatic carbocycles. The zero-order chi connectivity index (χ0) is 18.6. The molecule has 1 saturated carbocycles. The van der Waals surface area contributed by atoms with Crippen molar-refractivity contribution in [2.45, 2.75) is 57.3 Å². The summed E-state index contributed by atoms with van der Waals surface area (Å²) in [5, 5.41) is 2.57. The van der Waals surface area contributed by atoms with Crippen LogP contribution < -0.4 is 0 Å². The molecule has 4 rings (SSSR count). The summed E-state index contributed by atoms with van der Waals surface area (Å²) in [5.74, 6) is 0.602. The second-order valence-electron chi connectivity index (χ2n) is 7.60. The van der Waals surface area contributed by atoms with Crippen LogP contribution >= 0.6 is 0 Å². The Bertz CT molecular complexity index is 913. The zero-order valence-electron chi connectivity index (χ0n) is 15.5. The summed E-state index contributed by atoms with van der Waals surface area (Å²) in [6.07, 6.45) is 6.18. The van der Waals surface area contributed by atoms with Crippen LogP contribution in [0.3, 0.4) is 0 Å². The van der Waals surface area contributed by atoms with E-state index in [4.69, 9.17) is 0 Å². The van der Waals surface area contributed by atoms with Crippen LogP contribution in [0.5, 0.6) is 0 Å². The lowest BCUT2D eigenvalue weighted by atomic mass is 9.81. The highest BCUT2D eigenvalue weighted by molar-refractivity contribution is 5.90. The molecule has 0 bridgehead atoms. The van der Waals surface area contributed by atoms with Crippen LogP contribution in [0.1, 0.15) is 55.6 Å². The van der Waals surface area contributed by atoms with Gasteiger partial charge in [0.25, 0.3) is 0 Å². The van der Waals surface area contributed by atoms with Gasteiger partial charge in [-0.15, -0.1) is 0 Å². The van der Waals surface area contributed by atoms with Gasteiger partial charge in [0.05, 0.1) is 5.69 Å². The number of aromatic nitrogens is 1. The summed E-state index contributed by atoms with van der Waals surface area (Å²) in [6.45, 7) is 0. The predicted molar refractivity (Wildman–Crippen MR) is 107 cm³/mol. The molecule has 0 amide bonds. The second kappa shape index (κ2) is 8.16. The molecular formula is C24H25F2N.